The van der Waals surface area contributed by atoms with Gasteiger partial charge in [-0.15, -0.1) is 0 Å². The summed E-state index contributed by atoms with van der Waals surface area (Å²) in [5.74, 6) is 1.04. The van der Waals surface area contributed by atoms with Crippen LogP contribution in [0.5, 0.6) is 0 Å². The highest BCUT2D eigenvalue weighted by molar-refractivity contribution is 5.89. The number of rotatable bonds is 3. The van der Waals surface area contributed by atoms with Crippen LogP contribution in [0.1, 0.15) is 64.2 Å². The third-order valence-electron chi connectivity index (χ3n) is 6.16. The maximum Gasteiger partial charge on any atom is 0.244 e. The van der Waals surface area contributed by atoms with Crippen molar-refractivity contribution in [3.63, 3.8) is 0 Å². The molecular weight excluding hydrogens is 264 g/mol. The van der Waals surface area contributed by atoms with E-state index in [4.69, 9.17) is 4.74 Å². The van der Waals surface area contributed by atoms with Crippen molar-refractivity contribution in [3.8, 4) is 0 Å². The Morgan fingerprint density at radius 2 is 1.86 bits per heavy atom. The second-order valence-corrected chi connectivity index (χ2v) is 7.52. The lowest BCUT2D eigenvalue weighted by molar-refractivity contribution is -0.135. The molecule has 0 aromatic carbocycles. The Hall–Kier alpha value is -0.610. The number of amides is 1. The summed E-state index contributed by atoms with van der Waals surface area (Å²) < 4.78 is 5.80. The van der Waals surface area contributed by atoms with Gasteiger partial charge in [0.2, 0.25) is 5.91 Å². The molecule has 118 valence electrons. The predicted molar refractivity (Wildman–Crippen MR) is 80.8 cm³/mol. The molecule has 0 aromatic rings. The molecule has 1 spiro atoms. The monoisotopic (exact) mass is 292 g/mol. The first kappa shape index (κ1) is 14.0. The molecule has 0 aromatic heterocycles. The number of nitrogens with zero attached hydrogens (tertiary/aromatic N) is 1. The van der Waals surface area contributed by atoms with Gasteiger partial charge in [-0.25, -0.2) is 0 Å². The summed E-state index contributed by atoms with van der Waals surface area (Å²) in [5.41, 5.74) is -0.216. The Kier molecular flexibility index (Phi) is 3.70. The van der Waals surface area contributed by atoms with Crippen molar-refractivity contribution < 1.29 is 9.53 Å². The molecular formula is C17H28N2O2. The fraction of sp³-hybridized carbons (Fsp3) is 0.941. The molecule has 2 unspecified atom stereocenters. The van der Waals surface area contributed by atoms with Crippen LogP contribution in [-0.2, 0) is 9.53 Å². The number of hydrogen-bond donors (Lipinski definition) is 1. The van der Waals surface area contributed by atoms with Crippen molar-refractivity contribution in [3.05, 3.63) is 0 Å². The smallest absolute Gasteiger partial charge is 0.244 e. The van der Waals surface area contributed by atoms with Gasteiger partial charge in [-0.2, -0.15) is 0 Å². The largest absolute Gasteiger partial charge is 0.376 e. The summed E-state index contributed by atoms with van der Waals surface area (Å²) in [4.78, 5) is 15.3. The van der Waals surface area contributed by atoms with Gasteiger partial charge in [-0.3, -0.25) is 10.1 Å². The average molecular weight is 292 g/mol. The van der Waals surface area contributed by atoms with E-state index >= 15 is 0 Å². The highest BCUT2D eigenvalue weighted by Crippen LogP contribution is 2.41. The fourth-order valence-corrected chi connectivity index (χ4v) is 5.01. The van der Waals surface area contributed by atoms with Crippen molar-refractivity contribution >= 4 is 5.91 Å². The van der Waals surface area contributed by atoms with E-state index in [0.717, 1.165) is 38.8 Å². The molecule has 2 aliphatic carbocycles. The number of hydrogen-bond acceptors (Lipinski definition) is 3. The molecule has 1 N–H and O–H groups in total. The molecule has 21 heavy (non-hydrogen) atoms. The first-order valence-corrected chi connectivity index (χ1v) is 8.99. The van der Waals surface area contributed by atoms with Crippen LogP contribution in [0.2, 0.25) is 0 Å². The van der Waals surface area contributed by atoms with E-state index in [1.165, 1.54) is 38.5 Å². The van der Waals surface area contributed by atoms with Crippen LogP contribution < -0.4 is 5.32 Å². The molecule has 0 bridgehead atoms. The van der Waals surface area contributed by atoms with Crippen LogP contribution in [-0.4, -0.2) is 41.8 Å². The topological polar surface area (TPSA) is 41.6 Å². The van der Waals surface area contributed by atoms with E-state index in [1.54, 1.807) is 0 Å². The highest BCUT2D eigenvalue weighted by Gasteiger charge is 2.54. The average Bonchev–Trinajstić information content (AvgIpc) is 3.26. The maximum absolute atomic E-state index is 13.1. The lowest BCUT2D eigenvalue weighted by Gasteiger charge is -2.30. The Balaban J connectivity index is 1.54. The van der Waals surface area contributed by atoms with Gasteiger partial charge in [0, 0.05) is 13.2 Å². The number of nitrogens with one attached hydrogen (secondary N) is 1. The van der Waals surface area contributed by atoms with Crippen LogP contribution >= 0.6 is 0 Å². The fourth-order valence-electron chi connectivity index (χ4n) is 5.01. The summed E-state index contributed by atoms with van der Waals surface area (Å²) in [6, 6.07) is 0. The minimum atomic E-state index is -0.216. The van der Waals surface area contributed by atoms with Crippen molar-refractivity contribution in [1.82, 2.24) is 10.2 Å². The SMILES string of the molecule is O=C1N(CC2CCCO2)C(C2CCCC2)NC12CCCC2. The maximum atomic E-state index is 13.1. The van der Waals surface area contributed by atoms with Crippen molar-refractivity contribution in [2.45, 2.75) is 82.0 Å². The molecule has 2 saturated heterocycles. The van der Waals surface area contributed by atoms with Gasteiger partial charge in [0.1, 0.15) is 0 Å². The molecule has 4 rings (SSSR count). The van der Waals surface area contributed by atoms with E-state index in [2.05, 4.69) is 10.2 Å². The van der Waals surface area contributed by atoms with Gasteiger partial charge >= 0.3 is 0 Å². The molecule has 4 fully saturated rings. The first-order valence-electron chi connectivity index (χ1n) is 8.99. The van der Waals surface area contributed by atoms with Gasteiger partial charge in [0.25, 0.3) is 0 Å². The van der Waals surface area contributed by atoms with Crippen LogP contribution in [0.15, 0.2) is 0 Å². The van der Waals surface area contributed by atoms with E-state index in [1.807, 2.05) is 0 Å². The van der Waals surface area contributed by atoms with Gasteiger partial charge in [-0.1, -0.05) is 25.7 Å². The highest BCUT2D eigenvalue weighted by atomic mass is 16.5. The molecule has 4 heteroatoms. The molecule has 2 atom stereocenters. The van der Waals surface area contributed by atoms with E-state index < -0.39 is 0 Å². The number of ether oxygens (including phenoxy) is 1. The molecule has 4 nitrogen and oxygen atoms in total. The van der Waals surface area contributed by atoms with Crippen molar-refractivity contribution in [2.75, 3.05) is 13.2 Å². The first-order chi connectivity index (χ1) is 10.3. The van der Waals surface area contributed by atoms with Crippen LogP contribution in [0, 0.1) is 5.92 Å². The van der Waals surface area contributed by atoms with Crippen LogP contribution in [0.4, 0.5) is 0 Å². The third kappa shape index (κ3) is 2.40. The van der Waals surface area contributed by atoms with Gasteiger partial charge in [-0.05, 0) is 44.4 Å². The Labute approximate surface area is 127 Å². The predicted octanol–water partition coefficient (Wildman–Crippen LogP) is 2.43. The number of carbonyl (C=O) groups is 1. The summed E-state index contributed by atoms with van der Waals surface area (Å²) in [6.45, 7) is 1.69. The normalized spacial score (nSPS) is 36.4. The second kappa shape index (κ2) is 5.54. The van der Waals surface area contributed by atoms with Crippen molar-refractivity contribution in [1.29, 1.82) is 0 Å². The van der Waals surface area contributed by atoms with Gasteiger partial charge in [0.05, 0.1) is 17.8 Å². The quantitative estimate of drug-likeness (QED) is 0.868. The number of carbonyl (C=O) groups excluding carboxylic acids is 1. The molecule has 1 amide bonds. The van der Waals surface area contributed by atoms with E-state index in [-0.39, 0.29) is 17.8 Å². The molecule has 2 saturated carbocycles. The Bertz CT molecular complexity index is 394. The Morgan fingerprint density at radius 3 is 2.52 bits per heavy atom. The summed E-state index contributed by atoms with van der Waals surface area (Å²) >= 11 is 0. The van der Waals surface area contributed by atoms with Gasteiger partial charge < -0.3 is 9.64 Å². The summed E-state index contributed by atoms with van der Waals surface area (Å²) in [5, 5.41) is 3.80. The van der Waals surface area contributed by atoms with Crippen LogP contribution in [0.25, 0.3) is 0 Å². The second-order valence-electron chi connectivity index (χ2n) is 7.52. The lowest BCUT2D eigenvalue weighted by atomic mass is 9.97. The zero-order valence-electron chi connectivity index (χ0n) is 13.0. The third-order valence-corrected chi connectivity index (χ3v) is 6.16. The zero-order valence-corrected chi connectivity index (χ0v) is 13.0. The standard InChI is InChI=1S/C17H28N2O2/c20-16-17(9-3-4-10-17)18-15(13-6-1-2-7-13)19(16)12-14-8-5-11-21-14/h13-15,18H,1-12H2. The zero-order chi connectivity index (χ0) is 14.3. The molecule has 2 heterocycles. The molecule has 0 radical (unpaired) electrons. The minimum absolute atomic E-state index is 0.216. The van der Waals surface area contributed by atoms with Crippen molar-refractivity contribution in [2.24, 2.45) is 5.92 Å². The van der Waals surface area contributed by atoms with Crippen LogP contribution in [0.3, 0.4) is 0 Å². The molecule has 2 aliphatic heterocycles. The summed E-state index contributed by atoms with van der Waals surface area (Å²) in [7, 11) is 0. The lowest BCUT2D eigenvalue weighted by Crippen LogP contribution is -2.46. The Morgan fingerprint density at radius 1 is 1.10 bits per heavy atom. The summed E-state index contributed by atoms with van der Waals surface area (Å²) in [6.07, 6.45) is 12.5. The molecule has 4 aliphatic rings. The van der Waals surface area contributed by atoms with E-state index in [9.17, 15) is 4.79 Å². The van der Waals surface area contributed by atoms with Gasteiger partial charge in [0.15, 0.2) is 0 Å². The van der Waals surface area contributed by atoms with E-state index in [0.29, 0.717) is 11.8 Å². The minimum Gasteiger partial charge on any atom is -0.376 e.